The summed E-state index contributed by atoms with van der Waals surface area (Å²) in [7, 11) is 0. The van der Waals surface area contributed by atoms with E-state index in [1.54, 1.807) is 0 Å². The van der Waals surface area contributed by atoms with E-state index < -0.39 is 5.91 Å². The van der Waals surface area contributed by atoms with Gasteiger partial charge in [0.2, 0.25) is 11.8 Å². The molecule has 0 spiro atoms. The molecule has 0 aromatic rings. The lowest BCUT2D eigenvalue weighted by molar-refractivity contribution is -0.125. The van der Waals surface area contributed by atoms with Crippen LogP contribution in [-0.4, -0.2) is 93.9 Å². The standard InChI is InChI=1S/C26H50N4O4/c1-23-8-15-29(16-9-23)14-4-6-20-34-22-26(32)28-12-7-24-10-17-30(18-11-24)13-3-2-5-19-33-21-25(27)31/h23-24H,2-22H2,1H3,(H2,27,31)(H,28,32). The molecule has 2 heterocycles. The lowest BCUT2D eigenvalue weighted by atomic mass is 9.93. The third kappa shape index (κ3) is 14.2. The molecule has 2 saturated heterocycles. The summed E-state index contributed by atoms with van der Waals surface area (Å²) in [5.74, 6) is 1.20. The number of carbonyl (C=O) groups is 2. The van der Waals surface area contributed by atoms with Crippen molar-refractivity contribution < 1.29 is 19.1 Å². The molecule has 0 saturated carbocycles. The summed E-state index contributed by atoms with van der Waals surface area (Å²) < 4.78 is 10.8. The second kappa shape index (κ2) is 18.1. The number of likely N-dealkylation sites (tertiary alicyclic amines) is 2. The lowest BCUT2D eigenvalue weighted by Gasteiger charge is -2.32. The summed E-state index contributed by atoms with van der Waals surface area (Å²) >= 11 is 0. The average molecular weight is 483 g/mol. The van der Waals surface area contributed by atoms with Crippen molar-refractivity contribution in [2.24, 2.45) is 17.6 Å². The normalized spacial score (nSPS) is 18.9. The SMILES string of the molecule is CC1CCN(CCCCOCC(=O)NCCC2CCN(CCCCCOCC(N)=O)CC2)CC1. The first kappa shape index (κ1) is 29.0. The van der Waals surface area contributed by atoms with E-state index in [-0.39, 0.29) is 19.1 Å². The summed E-state index contributed by atoms with van der Waals surface area (Å²) in [5, 5.41) is 3.03. The van der Waals surface area contributed by atoms with Gasteiger partial charge < -0.3 is 30.3 Å². The van der Waals surface area contributed by atoms with E-state index >= 15 is 0 Å². The van der Waals surface area contributed by atoms with Crippen LogP contribution in [0, 0.1) is 11.8 Å². The minimum atomic E-state index is -0.403. The van der Waals surface area contributed by atoms with Gasteiger partial charge in [0.1, 0.15) is 13.2 Å². The molecule has 0 bridgehead atoms. The second-order valence-electron chi connectivity index (χ2n) is 10.3. The fraction of sp³-hybridized carbons (Fsp3) is 0.923. The van der Waals surface area contributed by atoms with E-state index in [1.807, 2.05) is 0 Å². The fourth-order valence-electron chi connectivity index (χ4n) is 4.84. The summed E-state index contributed by atoms with van der Waals surface area (Å²) in [6.07, 6.45) is 11.6. The number of ether oxygens (including phenoxy) is 2. The molecule has 2 rings (SSSR count). The number of nitrogens with two attached hydrogens (primary N) is 1. The van der Waals surface area contributed by atoms with Crippen LogP contribution in [0.4, 0.5) is 0 Å². The Morgan fingerprint density at radius 1 is 0.824 bits per heavy atom. The van der Waals surface area contributed by atoms with Crippen molar-refractivity contribution in [3.8, 4) is 0 Å². The van der Waals surface area contributed by atoms with Gasteiger partial charge in [-0.3, -0.25) is 9.59 Å². The van der Waals surface area contributed by atoms with E-state index in [0.717, 1.165) is 77.2 Å². The predicted octanol–water partition coefficient (Wildman–Crippen LogP) is 2.41. The Kier molecular flexibility index (Phi) is 15.4. The topological polar surface area (TPSA) is 97.1 Å². The molecular weight excluding hydrogens is 432 g/mol. The smallest absolute Gasteiger partial charge is 0.245 e. The van der Waals surface area contributed by atoms with Gasteiger partial charge in [-0.2, -0.15) is 0 Å². The van der Waals surface area contributed by atoms with Crippen molar-refractivity contribution in [2.45, 2.75) is 71.1 Å². The Labute approximate surface area is 207 Å². The average Bonchev–Trinajstić information content (AvgIpc) is 2.82. The minimum absolute atomic E-state index is 0.0160. The van der Waals surface area contributed by atoms with E-state index in [9.17, 15) is 9.59 Å². The number of piperidine rings is 2. The minimum Gasteiger partial charge on any atom is -0.372 e. The van der Waals surface area contributed by atoms with E-state index in [2.05, 4.69) is 22.0 Å². The van der Waals surface area contributed by atoms with Crippen molar-refractivity contribution in [1.29, 1.82) is 0 Å². The van der Waals surface area contributed by atoms with Crippen LogP contribution >= 0.6 is 0 Å². The number of carbonyl (C=O) groups excluding carboxylic acids is 2. The molecule has 8 heteroatoms. The zero-order valence-electron chi connectivity index (χ0n) is 21.6. The number of primary amides is 1. The summed E-state index contributed by atoms with van der Waals surface area (Å²) in [6, 6.07) is 0. The van der Waals surface area contributed by atoms with Crippen LogP contribution in [0.2, 0.25) is 0 Å². The summed E-state index contributed by atoms with van der Waals surface area (Å²) in [4.78, 5) is 27.7. The van der Waals surface area contributed by atoms with Gasteiger partial charge in [-0.1, -0.05) is 6.92 Å². The maximum Gasteiger partial charge on any atom is 0.245 e. The molecule has 3 N–H and O–H groups in total. The van der Waals surface area contributed by atoms with Crippen LogP contribution < -0.4 is 11.1 Å². The molecule has 0 atom stereocenters. The van der Waals surface area contributed by atoms with Crippen molar-refractivity contribution in [1.82, 2.24) is 15.1 Å². The number of nitrogens with one attached hydrogen (secondary N) is 1. The molecule has 0 radical (unpaired) electrons. The molecule has 2 aliphatic rings. The van der Waals surface area contributed by atoms with E-state index in [0.29, 0.717) is 19.1 Å². The summed E-state index contributed by atoms with van der Waals surface area (Å²) in [5.41, 5.74) is 5.05. The Morgan fingerprint density at radius 2 is 1.38 bits per heavy atom. The molecular formula is C26H50N4O4. The van der Waals surface area contributed by atoms with Crippen LogP contribution in [-0.2, 0) is 19.1 Å². The van der Waals surface area contributed by atoms with Crippen molar-refractivity contribution in [3.63, 3.8) is 0 Å². The van der Waals surface area contributed by atoms with Gasteiger partial charge in [0.15, 0.2) is 0 Å². The molecule has 0 aromatic carbocycles. The Morgan fingerprint density at radius 3 is 2.03 bits per heavy atom. The van der Waals surface area contributed by atoms with Gasteiger partial charge in [-0.15, -0.1) is 0 Å². The molecule has 2 amide bonds. The highest BCUT2D eigenvalue weighted by molar-refractivity contribution is 5.77. The quantitative estimate of drug-likeness (QED) is 0.291. The fourth-order valence-corrected chi connectivity index (χ4v) is 4.84. The molecule has 0 aromatic heterocycles. The van der Waals surface area contributed by atoms with Gasteiger partial charge in [0.05, 0.1) is 0 Å². The number of rotatable bonds is 18. The number of nitrogens with zero attached hydrogens (tertiary/aromatic N) is 2. The Balaban J connectivity index is 1.35. The molecule has 0 unspecified atom stereocenters. The lowest BCUT2D eigenvalue weighted by Crippen LogP contribution is -2.36. The molecule has 2 fully saturated rings. The number of unbranched alkanes of at least 4 members (excludes halogenated alkanes) is 3. The molecule has 0 aliphatic carbocycles. The third-order valence-electron chi connectivity index (χ3n) is 7.21. The van der Waals surface area contributed by atoms with Crippen LogP contribution in [0.15, 0.2) is 0 Å². The van der Waals surface area contributed by atoms with Crippen LogP contribution in [0.3, 0.4) is 0 Å². The van der Waals surface area contributed by atoms with Crippen LogP contribution in [0.1, 0.15) is 71.1 Å². The number of hydrogen-bond donors (Lipinski definition) is 2. The largest absolute Gasteiger partial charge is 0.372 e. The zero-order chi connectivity index (χ0) is 24.4. The third-order valence-corrected chi connectivity index (χ3v) is 7.21. The highest BCUT2D eigenvalue weighted by atomic mass is 16.5. The van der Waals surface area contributed by atoms with E-state index in [1.165, 1.54) is 38.8 Å². The Hall–Kier alpha value is -1.22. The van der Waals surface area contributed by atoms with Gasteiger partial charge >= 0.3 is 0 Å². The van der Waals surface area contributed by atoms with Crippen molar-refractivity contribution in [3.05, 3.63) is 0 Å². The highest BCUT2D eigenvalue weighted by Gasteiger charge is 2.19. The monoisotopic (exact) mass is 482 g/mol. The Bertz CT molecular complexity index is 547. The zero-order valence-corrected chi connectivity index (χ0v) is 21.6. The molecule has 8 nitrogen and oxygen atoms in total. The maximum atomic E-state index is 12.0. The first-order valence-corrected chi connectivity index (χ1v) is 13.7. The van der Waals surface area contributed by atoms with Gasteiger partial charge in [-0.05, 0) is 115 Å². The first-order chi connectivity index (χ1) is 16.5. The van der Waals surface area contributed by atoms with Gasteiger partial charge in [0.25, 0.3) is 0 Å². The number of hydrogen-bond acceptors (Lipinski definition) is 6. The highest BCUT2D eigenvalue weighted by Crippen LogP contribution is 2.20. The molecule has 198 valence electrons. The summed E-state index contributed by atoms with van der Waals surface area (Å²) in [6.45, 7) is 11.7. The van der Waals surface area contributed by atoms with Crippen LogP contribution in [0.25, 0.3) is 0 Å². The maximum absolute atomic E-state index is 12.0. The van der Waals surface area contributed by atoms with Crippen molar-refractivity contribution in [2.75, 3.05) is 72.2 Å². The molecule has 2 aliphatic heterocycles. The molecule has 34 heavy (non-hydrogen) atoms. The second-order valence-corrected chi connectivity index (χ2v) is 10.3. The van der Waals surface area contributed by atoms with Gasteiger partial charge in [0, 0.05) is 19.8 Å². The van der Waals surface area contributed by atoms with Crippen LogP contribution in [0.5, 0.6) is 0 Å². The van der Waals surface area contributed by atoms with Gasteiger partial charge in [-0.25, -0.2) is 0 Å². The van der Waals surface area contributed by atoms with E-state index in [4.69, 9.17) is 15.2 Å². The number of amides is 2. The van der Waals surface area contributed by atoms with Crippen molar-refractivity contribution >= 4 is 11.8 Å². The first-order valence-electron chi connectivity index (χ1n) is 13.7. The predicted molar refractivity (Wildman–Crippen MR) is 136 cm³/mol.